The first-order valence-electron chi connectivity index (χ1n) is 7.52. The van der Waals surface area contributed by atoms with E-state index in [9.17, 15) is 0 Å². The van der Waals surface area contributed by atoms with Gasteiger partial charge in [0.1, 0.15) is 0 Å². The number of hydrogen-bond donors (Lipinski definition) is 2. The van der Waals surface area contributed by atoms with E-state index in [1.807, 2.05) is 0 Å². The number of nitrogens with two attached hydrogens (primary N) is 1. The lowest BCUT2D eigenvalue weighted by Crippen LogP contribution is -2.51. The first-order chi connectivity index (χ1) is 9.27. The van der Waals surface area contributed by atoms with Crippen LogP contribution in [-0.4, -0.2) is 12.1 Å². The zero-order valence-corrected chi connectivity index (χ0v) is 14.7. The molecule has 2 nitrogen and oxygen atoms in total. The van der Waals surface area contributed by atoms with Gasteiger partial charge in [0.15, 0.2) is 0 Å². The number of aryl methyl sites for hydroxylation is 2. The van der Waals surface area contributed by atoms with Gasteiger partial charge in [0.2, 0.25) is 0 Å². The van der Waals surface area contributed by atoms with Crippen molar-refractivity contribution in [1.29, 1.82) is 0 Å². The van der Waals surface area contributed by atoms with Crippen LogP contribution in [0, 0.1) is 19.3 Å². The monoisotopic (exact) mass is 338 g/mol. The molecule has 1 atom stereocenters. The van der Waals surface area contributed by atoms with E-state index in [2.05, 4.69) is 61.1 Å². The first-order valence-corrected chi connectivity index (χ1v) is 8.31. The minimum Gasteiger partial charge on any atom is -0.378 e. The van der Waals surface area contributed by atoms with Gasteiger partial charge in [0.05, 0.1) is 5.54 Å². The van der Waals surface area contributed by atoms with E-state index in [-0.39, 0.29) is 5.54 Å². The van der Waals surface area contributed by atoms with Crippen LogP contribution in [0.4, 0.5) is 5.69 Å². The van der Waals surface area contributed by atoms with Gasteiger partial charge in [-0.1, -0.05) is 36.2 Å². The number of hydrogen-bond acceptors (Lipinski definition) is 2. The summed E-state index contributed by atoms with van der Waals surface area (Å²) < 4.78 is 1.20. The summed E-state index contributed by atoms with van der Waals surface area (Å²) in [6.45, 7) is 9.70. The van der Waals surface area contributed by atoms with E-state index in [4.69, 9.17) is 5.73 Å². The summed E-state index contributed by atoms with van der Waals surface area (Å²) in [5, 5.41) is 3.76. The van der Waals surface area contributed by atoms with E-state index < -0.39 is 0 Å². The fourth-order valence-electron chi connectivity index (χ4n) is 3.65. The zero-order chi connectivity index (χ0) is 15.0. The summed E-state index contributed by atoms with van der Waals surface area (Å²) in [4.78, 5) is 0. The van der Waals surface area contributed by atoms with Crippen LogP contribution in [0.3, 0.4) is 0 Å². The molecule has 1 saturated carbocycles. The van der Waals surface area contributed by atoms with E-state index >= 15 is 0 Å². The molecule has 0 spiro atoms. The number of nitrogens with one attached hydrogen (secondary N) is 1. The van der Waals surface area contributed by atoms with E-state index in [0.717, 1.165) is 6.42 Å². The maximum absolute atomic E-state index is 6.14. The highest BCUT2D eigenvalue weighted by atomic mass is 79.9. The Kier molecular flexibility index (Phi) is 4.50. The number of halogens is 1. The largest absolute Gasteiger partial charge is 0.378 e. The second kappa shape index (κ2) is 5.69. The van der Waals surface area contributed by atoms with Crippen molar-refractivity contribution in [2.45, 2.75) is 58.9 Å². The first kappa shape index (κ1) is 15.8. The minimum absolute atomic E-state index is 0.0501. The molecule has 3 N–H and O–H groups in total. The molecular weight excluding hydrogens is 312 g/mol. The smallest absolute Gasteiger partial charge is 0.0500 e. The fraction of sp³-hybridized carbons (Fsp3) is 0.647. The van der Waals surface area contributed by atoms with Crippen molar-refractivity contribution in [3.63, 3.8) is 0 Å². The predicted molar refractivity (Wildman–Crippen MR) is 91.3 cm³/mol. The van der Waals surface area contributed by atoms with Gasteiger partial charge >= 0.3 is 0 Å². The summed E-state index contributed by atoms with van der Waals surface area (Å²) in [7, 11) is 0. The van der Waals surface area contributed by atoms with Gasteiger partial charge in [-0.25, -0.2) is 0 Å². The van der Waals surface area contributed by atoms with Crippen LogP contribution >= 0.6 is 15.9 Å². The second-order valence-corrected chi connectivity index (χ2v) is 8.02. The summed E-state index contributed by atoms with van der Waals surface area (Å²) in [5.41, 5.74) is 10.3. The third kappa shape index (κ3) is 3.37. The van der Waals surface area contributed by atoms with Crippen LogP contribution in [0.1, 0.15) is 50.7 Å². The average molecular weight is 339 g/mol. The Bertz CT molecular complexity index is 473. The standard InChI is InChI=1S/C17H27BrN2/c1-12-8-14(9-13(2)15(12)18)20-17(11-19)7-5-6-16(3,4)10-17/h8-9,20H,5-7,10-11,19H2,1-4H3. The van der Waals surface area contributed by atoms with Crippen LogP contribution in [0.5, 0.6) is 0 Å². The fourth-order valence-corrected chi connectivity index (χ4v) is 3.88. The van der Waals surface area contributed by atoms with E-state index in [1.165, 1.54) is 40.5 Å². The average Bonchev–Trinajstić information content (AvgIpc) is 2.34. The maximum atomic E-state index is 6.14. The Morgan fingerprint density at radius 2 is 1.80 bits per heavy atom. The molecule has 112 valence electrons. The summed E-state index contributed by atoms with van der Waals surface area (Å²) >= 11 is 3.63. The third-order valence-electron chi connectivity index (χ3n) is 4.56. The Hall–Kier alpha value is -0.540. The number of benzene rings is 1. The molecule has 0 aliphatic heterocycles. The van der Waals surface area contributed by atoms with Crippen LogP contribution in [-0.2, 0) is 0 Å². The van der Waals surface area contributed by atoms with Gasteiger partial charge in [-0.2, -0.15) is 0 Å². The Labute approximate surface area is 131 Å². The van der Waals surface area contributed by atoms with Crippen molar-refractivity contribution in [2.24, 2.45) is 11.1 Å². The van der Waals surface area contributed by atoms with Crippen molar-refractivity contribution in [3.05, 3.63) is 27.7 Å². The predicted octanol–water partition coefficient (Wildman–Crippen LogP) is 4.78. The molecule has 2 rings (SSSR count). The molecule has 0 aromatic heterocycles. The van der Waals surface area contributed by atoms with Crippen LogP contribution < -0.4 is 11.1 Å². The molecule has 1 aliphatic rings. The molecule has 20 heavy (non-hydrogen) atoms. The van der Waals surface area contributed by atoms with Gasteiger partial charge in [-0.05, 0) is 61.8 Å². The van der Waals surface area contributed by atoms with Gasteiger partial charge in [0, 0.05) is 16.7 Å². The third-order valence-corrected chi connectivity index (χ3v) is 5.81. The Balaban J connectivity index is 2.26. The molecule has 0 amide bonds. The van der Waals surface area contributed by atoms with Crippen molar-refractivity contribution in [1.82, 2.24) is 0 Å². The molecule has 3 heteroatoms. The van der Waals surface area contributed by atoms with Gasteiger partial charge < -0.3 is 11.1 Å². The Morgan fingerprint density at radius 1 is 1.20 bits per heavy atom. The molecular formula is C17H27BrN2. The number of anilines is 1. The summed E-state index contributed by atoms with van der Waals surface area (Å²) in [6, 6.07) is 4.44. The lowest BCUT2D eigenvalue weighted by molar-refractivity contribution is 0.170. The summed E-state index contributed by atoms with van der Waals surface area (Å²) in [6.07, 6.45) is 4.87. The minimum atomic E-state index is 0.0501. The topological polar surface area (TPSA) is 38.0 Å². The number of rotatable bonds is 3. The normalized spacial score (nSPS) is 25.5. The molecule has 1 aromatic rings. The SMILES string of the molecule is Cc1cc(NC2(CN)CCCC(C)(C)C2)cc(C)c1Br. The van der Waals surface area contributed by atoms with Crippen molar-refractivity contribution >= 4 is 21.6 Å². The van der Waals surface area contributed by atoms with Crippen molar-refractivity contribution in [2.75, 3.05) is 11.9 Å². The van der Waals surface area contributed by atoms with Crippen molar-refractivity contribution < 1.29 is 0 Å². The Morgan fingerprint density at radius 3 is 2.30 bits per heavy atom. The van der Waals surface area contributed by atoms with E-state index in [0.29, 0.717) is 12.0 Å². The van der Waals surface area contributed by atoms with Crippen LogP contribution in [0.2, 0.25) is 0 Å². The molecule has 1 fully saturated rings. The lowest BCUT2D eigenvalue weighted by Gasteiger charge is -2.45. The highest BCUT2D eigenvalue weighted by Gasteiger charge is 2.39. The lowest BCUT2D eigenvalue weighted by atomic mass is 9.68. The highest BCUT2D eigenvalue weighted by Crippen LogP contribution is 2.42. The quantitative estimate of drug-likeness (QED) is 0.832. The van der Waals surface area contributed by atoms with Crippen molar-refractivity contribution in [3.8, 4) is 0 Å². The summed E-state index contributed by atoms with van der Waals surface area (Å²) in [5.74, 6) is 0. The molecule has 1 unspecified atom stereocenters. The van der Waals surface area contributed by atoms with E-state index in [1.54, 1.807) is 0 Å². The zero-order valence-electron chi connectivity index (χ0n) is 13.1. The second-order valence-electron chi connectivity index (χ2n) is 7.23. The molecule has 0 saturated heterocycles. The molecule has 1 aromatic carbocycles. The van der Waals surface area contributed by atoms with Gasteiger partial charge in [-0.15, -0.1) is 0 Å². The molecule has 1 aliphatic carbocycles. The maximum Gasteiger partial charge on any atom is 0.0500 e. The van der Waals surface area contributed by atoms with Gasteiger partial charge in [0.25, 0.3) is 0 Å². The van der Waals surface area contributed by atoms with Crippen LogP contribution in [0.25, 0.3) is 0 Å². The van der Waals surface area contributed by atoms with Crippen LogP contribution in [0.15, 0.2) is 16.6 Å². The highest BCUT2D eigenvalue weighted by molar-refractivity contribution is 9.10. The molecule has 0 heterocycles. The molecule has 0 bridgehead atoms. The van der Waals surface area contributed by atoms with Gasteiger partial charge in [-0.3, -0.25) is 0 Å². The molecule has 0 radical (unpaired) electrons.